The molecule has 2 heterocycles. The molecule has 0 bridgehead atoms. The molecule has 2 rings (SSSR count). The van der Waals surface area contributed by atoms with Gasteiger partial charge in [0.2, 0.25) is 5.91 Å². The second-order valence-corrected chi connectivity index (χ2v) is 4.50. The Labute approximate surface area is 107 Å². The Morgan fingerprint density at radius 1 is 1.83 bits per heavy atom. The third-order valence-electron chi connectivity index (χ3n) is 3.11. The Morgan fingerprint density at radius 3 is 3.44 bits per heavy atom. The number of rotatable bonds is 5. The van der Waals surface area contributed by atoms with Crippen LogP contribution in [0.2, 0.25) is 0 Å². The fraction of sp³-hybridized carbons (Fsp3) is 0.538. The van der Waals surface area contributed by atoms with Crippen LogP contribution in [0.3, 0.4) is 0 Å². The molecule has 0 radical (unpaired) electrons. The van der Waals surface area contributed by atoms with Crippen molar-refractivity contribution in [3.05, 3.63) is 30.9 Å². The van der Waals surface area contributed by atoms with Gasteiger partial charge in [-0.25, -0.2) is 4.98 Å². The fourth-order valence-corrected chi connectivity index (χ4v) is 2.09. The van der Waals surface area contributed by atoms with E-state index < -0.39 is 6.10 Å². The van der Waals surface area contributed by atoms with Gasteiger partial charge in [0, 0.05) is 31.4 Å². The van der Waals surface area contributed by atoms with Crippen LogP contribution in [-0.2, 0) is 22.5 Å². The van der Waals surface area contributed by atoms with E-state index in [4.69, 9.17) is 4.74 Å². The van der Waals surface area contributed by atoms with Gasteiger partial charge in [-0.15, -0.1) is 6.58 Å². The van der Waals surface area contributed by atoms with Crippen molar-refractivity contribution in [2.24, 2.45) is 0 Å². The zero-order valence-corrected chi connectivity index (χ0v) is 10.6. The van der Waals surface area contributed by atoms with Gasteiger partial charge >= 0.3 is 0 Å². The highest BCUT2D eigenvalue weighted by atomic mass is 16.5. The highest BCUT2D eigenvalue weighted by molar-refractivity contribution is 5.80. The van der Waals surface area contributed by atoms with Gasteiger partial charge in [-0.1, -0.05) is 6.08 Å². The molecule has 2 atom stereocenters. The predicted octanol–water partition coefficient (Wildman–Crippen LogP) is 0.905. The predicted molar refractivity (Wildman–Crippen MR) is 68.1 cm³/mol. The number of aryl methyl sites for hydroxylation is 1. The van der Waals surface area contributed by atoms with E-state index in [1.165, 1.54) is 0 Å². The minimum atomic E-state index is -0.438. The molecule has 0 saturated heterocycles. The quantitative estimate of drug-likeness (QED) is 0.789. The van der Waals surface area contributed by atoms with Gasteiger partial charge in [-0.3, -0.25) is 4.79 Å². The zero-order valence-electron chi connectivity index (χ0n) is 10.6. The number of ether oxygens (including phenoxy) is 1. The molecule has 0 spiro atoms. The summed E-state index contributed by atoms with van der Waals surface area (Å²) in [6, 6.07) is 0.161. The van der Waals surface area contributed by atoms with E-state index in [9.17, 15) is 4.79 Å². The fourth-order valence-electron chi connectivity index (χ4n) is 2.09. The number of carbonyl (C=O) groups excluding carboxylic acids is 1. The smallest absolute Gasteiger partial charge is 0.249 e. The van der Waals surface area contributed by atoms with Crippen LogP contribution in [-0.4, -0.2) is 34.2 Å². The lowest BCUT2D eigenvalue weighted by Gasteiger charge is -2.26. The molecule has 1 aromatic heterocycles. The lowest BCUT2D eigenvalue weighted by molar-refractivity contribution is -0.132. The first kappa shape index (κ1) is 12.8. The van der Waals surface area contributed by atoms with Crippen LogP contribution in [0.4, 0.5) is 0 Å². The Hall–Kier alpha value is -1.62. The Morgan fingerprint density at radius 2 is 2.67 bits per heavy atom. The summed E-state index contributed by atoms with van der Waals surface area (Å²) in [7, 11) is 0. The molecule has 0 fully saturated rings. The Bertz CT molecular complexity index is 428. The number of nitrogens with zero attached hydrogens (tertiary/aromatic N) is 2. The molecule has 0 unspecified atom stereocenters. The average Bonchev–Trinajstić information content (AvgIpc) is 2.83. The van der Waals surface area contributed by atoms with E-state index in [2.05, 4.69) is 21.4 Å². The summed E-state index contributed by atoms with van der Waals surface area (Å²) in [5.74, 6) is 1.03. The number of carbonyl (C=O) groups is 1. The zero-order chi connectivity index (χ0) is 13.0. The SMILES string of the molecule is C=CCO[C@@H](C)C(=O)N[C@@H]1CCc2nccn2C1. The van der Waals surface area contributed by atoms with Gasteiger partial charge in [0.15, 0.2) is 0 Å². The highest BCUT2D eigenvalue weighted by Gasteiger charge is 2.22. The molecule has 1 aliphatic rings. The third-order valence-corrected chi connectivity index (χ3v) is 3.11. The second kappa shape index (κ2) is 5.82. The normalized spacial score (nSPS) is 19.9. The number of fused-ring (bicyclic) bond motifs is 1. The average molecular weight is 249 g/mol. The van der Waals surface area contributed by atoms with Crippen molar-refractivity contribution in [1.29, 1.82) is 0 Å². The summed E-state index contributed by atoms with van der Waals surface area (Å²) in [4.78, 5) is 16.1. The monoisotopic (exact) mass is 249 g/mol. The van der Waals surface area contributed by atoms with E-state index in [-0.39, 0.29) is 11.9 Å². The first-order chi connectivity index (χ1) is 8.70. The number of nitrogens with one attached hydrogen (secondary N) is 1. The first-order valence-electron chi connectivity index (χ1n) is 6.23. The van der Waals surface area contributed by atoms with Gasteiger partial charge < -0.3 is 14.6 Å². The summed E-state index contributed by atoms with van der Waals surface area (Å²) in [6.45, 7) is 6.49. The van der Waals surface area contributed by atoms with Gasteiger partial charge in [-0.2, -0.15) is 0 Å². The second-order valence-electron chi connectivity index (χ2n) is 4.50. The van der Waals surface area contributed by atoms with Crippen LogP contribution in [0.5, 0.6) is 0 Å². The highest BCUT2D eigenvalue weighted by Crippen LogP contribution is 2.13. The summed E-state index contributed by atoms with van der Waals surface area (Å²) in [6.07, 6.45) is 6.78. The van der Waals surface area contributed by atoms with Gasteiger partial charge in [0.25, 0.3) is 0 Å². The maximum absolute atomic E-state index is 11.9. The third kappa shape index (κ3) is 2.98. The number of hydrogen-bond donors (Lipinski definition) is 1. The molecule has 0 aliphatic carbocycles. The molecule has 1 aliphatic heterocycles. The molecular weight excluding hydrogens is 230 g/mol. The van der Waals surface area contributed by atoms with E-state index in [0.29, 0.717) is 6.61 Å². The standard InChI is InChI=1S/C13H19N3O2/c1-3-8-18-10(2)13(17)15-11-4-5-12-14-6-7-16(12)9-11/h3,6-7,10-11H,1,4-5,8-9H2,2H3,(H,15,17)/t10-,11+/m0/s1. The van der Waals surface area contributed by atoms with Crippen LogP contribution in [0, 0.1) is 0 Å². The molecular formula is C13H19N3O2. The molecule has 98 valence electrons. The van der Waals surface area contributed by atoms with Crippen molar-refractivity contribution in [1.82, 2.24) is 14.9 Å². The molecule has 1 amide bonds. The minimum Gasteiger partial charge on any atom is -0.365 e. The number of hydrogen-bond acceptors (Lipinski definition) is 3. The summed E-state index contributed by atoms with van der Waals surface area (Å²) < 4.78 is 7.39. The maximum atomic E-state index is 11.9. The molecule has 0 aromatic carbocycles. The van der Waals surface area contributed by atoms with Gasteiger partial charge in [0.05, 0.1) is 6.61 Å². The van der Waals surface area contributed by atoms with Crippen molar-refractivity contribution in [2.75, 3.05) is 6.61 Å². The molecule has 5 nitrogen and oxygen atoms in total. The largest absolute Gasteiger partial charge is 0.365 e. The molecule has 1 aromatic rings. The van der Waals surface area contributed by atoms with Crippen LogP contribution in [0.25, 0.3) is 0 Å². The van der Waals surface area contributed by atoms with Crippen molar-refractivity contribution in [2.45, 2.75) is 38.5 Å². The number of imidazole rings is 1. The minimum absolute atomic E-state index is 0.0644. The van der Waals surface area contributed by atoms with Crippen LogP contribution in [0.1, 0.15) is 19.2 Å². The summed E-state index contributed by atoms with van der Waals surface area (Å²) >= 11 is 0. The maximum Gasteiger partial charge on any atom is 0.249 e. The van der Waals surface area contributed by atoms with Gasteiger partial charge in [0.1, 0.15) is 11.9 Å². The Kier molecular flexibility index (Phi) is 4.15. The Balaban J connectivity index is 1.84. The van der Waals surface area contributed by atoms with E-state index in [0.717, 1.165) is 25.2 Å². The van der Waals surface area contributed by atoms with Crippen molar-refractivity contribution < 1.29 is 9.53 Å². The van der Waals surface area contributed by atoms with Crippen LogP contribution in [0.15, 0.2) is 25.0 Å². The lowest BCUT2D eigenvalue weighted by atomic mass is 10.1. The molecule has 18 heavy (non-hydrogen) atoms. The van der Waals surface area contributed by atoms with Crippen molar-refractivity contribution in [3.8, 4) is 0 Å². The van der Waals surface area contributed by atoms with Crippen molar-refractivity contribution in [3.63, 3.8) is 0 Å². The van der Waals surface area contributed by atoms with Crippen LogP contribution >= 0.6 is 0 Å². The number of aromatic nitrogens is 2. The summed E-state index contributed by atoms with van der Waals surface area (Å²) in [5, 5.41) is 3.01. The van der Waals surface area contributed by atoms with Crippen molar-refractivity contribution >= 4 is 5.91 Å². The molecule has 1 N–H and O–H groups in total. The molecule has 5 heteroatoms. The van der Waals surface area contributed by atoms with E-state index >= 15 is 0 Å². The molecule has 0 saturated carbocycles. The summed E-state index contributed by atoms with van der Waals surface area (Å²) in [5.41, 5.74) is 0. The van der Waals surface area contributed by atoms with Crippen LogP contribution < -0.4 is 5.32 Å². The first-order valence-corrected chi connectivity index (χ1v) is 6.23. The van der Waals surface area contributed by atoms with E-state index in [1.54, 1.807) is 19.2 Å². The lowest BCUT2D eigenvalue weighted by Crippen LogP contribution is -2.45. The topological polar surface area (TPSA) is 56.1 Å². The number of amides is 1. The van der Waals surface area contributed by atoms with E-state index in [1.807, 2.05) is 6.20 Å². The van der Waals surface area contributed by atoms with Gasteiger partial charge in [-0.05, 0) is 13.3 Å².